The van der Waals surface area contributed by atoms with Crippen molar-refractivity contribution < 1.29 is 4.74 Å². The van der Waals surface area contributed by atoms with E-state index in [0.29, 0.717) is 24.1 Å². The maximum atomic E-state index is 5.29. The van der Waals surface area contributed by atoms with E-state index >= 15 is 0 Å². The predicted octanol–water partition coefficient (Wildman–Crippen LogP) is 2.63. The average Bonchev–Trinajstić information content (AvgIpc) is 2.62. The van der Waals surface area contributed by atoms with Gasteiger partial charge in [0.15, 0.2) is 5.82 Å². The molecule has 0 aliphatic heterocycles. The Morgan fingerprint density at radius 1 is 1.09 bits per heavy atom. The number of aromatic nitrogens is 4. The lowest BCUT2D eigenvalue weighted by atomic mass is 10.3. The van der Waals surface area contributed by atoms with E-state index in [0.717, 1.165) is 11.3 Å². The van der Waals surface area contributed by atoms with E-state index in [1.165, 1.54) is 0 Å². The number of anilines is 3. The lowest BCUT2D eigenvalue weighted by molar-refractivity contribution is 0.417. The first-order chi connectivity index (χ1) is 11.3. The molecule has 0 saturated carbocycles. The topological polar surface area (TPSA) is 84.9 Å². The number of benzene rings is 1. The van der Waals surface area contributed by atoms with Gasteiger partial charge in [-0.15, -0.1) is 5.10 Å². The van der Waals surface area contributed by atoms with Crippen LogP contribution < -0.4 is 15.4 Å². The van der Waals surface area contributed by atoms with Crippen LogP contribution in [0, 0.1) is 0 Å². The van der Waals surface area contributed by atoms with E-state index in [1.807, 2.05) is 36.4 Å². The average molecular weight is 308 g/mol. The van der Waals surface area contributed by atoms with Crippen molar-refractivity contribution in [2.75, 3.05) is 17.7 Å². The fourth-order valence-electron chi connectivity index (χ4n) is 2.01. The van der Waals surface area contributed by atoms with Gasteiger partial charge < -0.3 is 15.4 Å². The third-order valence-corrected chi connectivity index (χ3v) is 3.11. The molecular formula is C16H16N6O. The molecular weight excluding hydrogens is 292 g/mol. The Bertz CT molecular complexity index is 765. The summed E-state index contributed by atoms with van der Waals surface area (Å²) in [4.78, 5) is 8.46. The number of pyridine rings is 1. The lowest BCUT2D eigenvalue weighted by Gasteiger charge is -2.10. The zero-order valence-electron chi connectivity index (χ0n) is 12.6. The van der Waals surface area contributed by atoms with Crippen molar-refractivity contribution in [1.29, 1.82) is 0 Å². The fraction of sp³-hybridized carbons (Fsp3) is 0.125. The molecule has 116 valence electrons. The fourth-order valence-corrected chi connectivity index (χ4v) is 2.01. The summed E-state index contributed by atoms with van der Waals surface area (Å²) in [6, 6.07) is 11.4. The van der Waals surface area contributed by atoms with Crippen molar-refractivity contribution in [3.8, 4) is 5.75 Å². The first-order valence-electron chi connectivity index (χ1n) is 7.07. The molecule has 0 fully saturated rings. The van der Waals surface area contributed by atoms with E-state index in [4.69, 9.17) is 4.74 Å². The van der Waals surface area contributed by atoms with Crippen LogP contribution in [0.25, 0.3) is 0 Å². The Morgan fingerprint density at radius 2 is 2.00 bits per heavy atom. The minimum atomic E-state index is 0.394. The highest BCUT2D eigenvalue weighted by atomic mass is 16.5. The molecule has 23 heavy (non-hydrogen) atoms. The molecule has 7 heteroatoms. The molecule has 0 atom stereocenters. The summed E-state index contributed by atoms with van der Waals surface area (Å²) in [6.07, 6.45) is 5.12. The number of nitrogens with one attached hydrogen (secondary N) is 2. The van der Waals surface area contributed by atoms with Crippen LogP contribution in [0.2, 0.25) is 0 Å². The van der Waals surface area contributed by atoms with Gasteiger partial charge in [-0.3, -0.25) is 4.98 Å². The van der Waals surface area contributed by atoms with Crippen LogP contribution in [-0.2, 0) is 6.54 Å². The van der Waals surface area contributed by atoms with Crippen molar-refractivity contribution in [1.82, 2.24) is 20.2 Å². The predicted molar refractivity (Wildman–Crippen MR) is 87.7 cm³/mol. The smallest absolute Gasteiger partial charge is 0.249 e. The normalized spacial score (nSPS) is 10.1. The van der Waals surface area contributed by atoms with Gasteiger partial charge in [-0.25, -0.2) is 0 Å². The first-order valence-corrected chi connectivity index (χ1v) is 7.07. The van der Waals surface area contributed by atoms with Crippen molar-refractivity contribution >= 4 is 17.5 Å². The molecule has 7 nitrogen and oxygen atoms in total. The summed E-state index contributed by atoms with van der Waals surface area (Å²) in [6.45, 7) is 0.612. The van der Waals surface area contributed by atoms with Gasteiger partial charge in [-0.2, -0.15) is 10.1 Å². The van der Waals surface area contributed by atoms with Gasteiger partial charge in [-0.1, -0.05) is 18.2 Å². The second-order valence-corrected chi connectivity index (χ2v) is 4.71. The number of para-hydroxylation sites is 2. The molecule has 3 rings (SSSR count). The molecule has 0 spiro atoms. The maximum absolute atomic E-state index is 5.29. The highest BCUT2D eigenvalue weighted by Crippen LogP contribution is 2.25. The molecule has 0 saturated heterocycles. The summed E-state index contributed by atoms with van der Waals surface area (Å²) in [5, 5.41) is 14.2. The van der Waals surface area contributed by atoms with Crippen LogP contribution >= 0.6 is 0 Å². The molecule has 0 amide bonds. The van der Waals surface area contributed by atoms with Gasteiger partial charge in [0.2, 0.25) is 5.95 Å². The zero-order chi connectivity index (χ0) is 15.9. The Balaban J connectivity index is 1.70. The Labute approximate surface area is 133 Å². The van der Waals surface area contributed by atoms with Crippen LogP contribution in [0.3, 0.4) is 0 Å². The van der Waals surface area contributed by atoms with Gasteiger partial charge in [0.05, 0.1) is 19.0 Å². The first kappa shape index (κ1) is 14.7. The summed E-state index contributed by atoms with van der Waals surface area (Å²) in [7, 11) is 1.62. The second-order valence-electron chi connectivity index (χ2n) is 4.71. The standard InChI is InChI=1S/C16H16N6O/c1-23-14-7-3-2-6-13(14)20-16-21-15(11-19-22-16)18-10-12-5-4-8-17-9-12/h2-9,11H,10H2,1H3,(H2,18,20,21,22). The molecule has 0 bridgehead atoms. The van der Waals surface area contributed by atoms with Crippen molar-refractivity contribution in [3.63, 3.8) is 0 Å². The van der Waals surface area contributed by atoms with Crippen molar-refractivity contribution in [2.45, 2.75) is 6.54 Å². The molecule has 0 unspecified atom stereocenters. The van der Waals surface area contributed by atoms with Gasteiger partial charge in [0.25, 0.3) is 0 Å². The van der Waals surface area contributed by atoms with E-state index in [2.05, 4.69) is 30.8 Å². The van der Waals surface area contributed by atoms with E-state index < -0.39 is 0 Å². The molecule has 0 radical (unpaired) electrons. The van der Waals surface area contributed by atoms with Gasteiger partial charge in [0.1, 0.15) is 5.75 Å². The second kappa shape index (κ2) is 7.17. The Hall–Kier alpha value is -3.22. The van der Waals surface area contributed by atoms with Crippen molar-refractivity contribution in [2.24, 2.45) is 0 Å². The van der Waals surface area contributed by atoms with E-state index in [1.54, 1.807) is 25.7 Å². The van der Waals surface area contributed by atoms with E-state index in [-0.39, 0.29) is 0 Å². The van der Waals surface area contributed by atoms with Crippen LogP contribution in [-0.4, -0.2) is 27.3 Å². The van der Waals surface area contributed by atoms with Gasteiger partial charge in [-0.05, 0) is 23.8 Å². The van der Waals surface area contributed by atoms with Crippen LogP contribution in [0.5, 0.6) is 5.75 Å². The SMILES string of the molecule is COc1ccccc1Nc1nncc(NCc2cccnc2)n1. The monoisotopic (exact) mass is 308 g/mol. The third kappa shape index (κ3) is 3.91. The Kier molecular flexibility index (Phi) is 4.58. The van der Waals surface area contributed by atoms with Crippen molar-refractivity contribution in [3.05, 3.63) is 60.6 Å². The maximum Gasteiger partial charge on any atom is 0.249 e. The minimum absolute atomic E-state index is 0.394. The molecule has 0 aliphatic rings. The van der Waals surface area contributed by atoms with Gasteiger partial charge >= 0.3 is 0 Å². The highest BCUT2D eigenvalue weighted by Gasteiger charge is 2.05. The summed E-state index contributed by atoms with van der Waals surface area (Å²) in [5.74, 6) is 1.73. The summed E-state index contributed by atoms with van der Waals surface area (Å²) < 4.78 is 5.29. The molecule has 2 N–H and O–H groups in total. The third-order valence-electron chi connectivity index (χ3n) is 3.11. The number of hydrogen-bond donors (Lipinski definition) is 2. The highest BCUT2D eigenvalue weighted by molar-refractivity contribution is 5.62. The number of nitrogens with zero attached hydrogens (tertiary/aromatic N) is 4. The lowest BCUT2D eigenvalue weighted by Crippen LogP contribution is -2.06. The van der Waals surface area contributed by atoms with Crippen LogP contribution in [0.1, 0.15) is 5.56 Å². The molecule has 2 heterocycles. The number of hydrogen-bond acceptors (Lipinski definition) is 7. The zero-order valence-corrected chi connectivity index (χ0v) is 12.6. The largest absolute Gasteiger partial charge is 0.495 e. The summed E-state index contributed by atoms with van der Waals surface area (Å²) in [5.41, 5.74) is 1.84. The quantitative estimate of drug-likeness (QED) is 0.724. The number of methoxy groups -OCH3 is 1. The van der Waals surface area contributed by atoms with Gasteiger partial charge in [0, 0.05) is 18.9 Å². The number of rotatable bonds is 6. The molecule has 0 aliphatic carbocycles. The summed E-state index contributed by atoms with van der Waals surface area (Å²) >= 11 is 0. The number of ether oxygens (including phenoxy) is 1. The van der Waals surface area contributed by atoms with Crippen LogP contribution in [0.15, 0.2) is 55.0 Å². The minimum Gasteiger partial charge on any atom is -0.495 e. The molecule has 2 aromatic heterocycles. The Morgan fingerprint density at radius 3 is 2.83 bits per heavy atom. The molecule has 1 aromatic carbocycles. The van der Waals surface area contributed by atoms with E-state index in [9.17, 15) is 0 Å². The van der Waals surface area contributed by atoms with Crippen LogP contribution in [0.4, 0.5) is 17.5 Å². The molecule has 3 aromatic rings.